The molecule has 0 N–H and O–H groups in total. The fraction of sp³-hybridized carbons (Fsp3) is 0.292. The molecule has 0 saturated carbocycles. The summed E-state index contributed by atoms with van der Waals surface area (Å²) in [6, 6.07) is 16.4. The molecule has 0 atom stereocenters. The lowest BCUT2D eigenvalue weighted by molar-refractivity contribution is 0.413. The van der Waals surface area contributed by atoms with Gasteiger partial charge in [-0.3, -0.25) is 4.57 Å². The Morgan fingerprint density at radius 2 is 1.90 bits per heavy atom. The van der Waals surface area contributed by atoms with Gasteiger partial charge in [0, 0.05) is 18.6 Å². The molecule has 0 saturated heterocycles. The average molecular weight is 410 g/mol. The number of benzene rings is 2. The van der Waals surface area contributed by atoms with Crippen molar-refractivity contribution in [3.8, 4) is 11.8 Å². The van der Waals surface area contributed by atoms with E-state index < -0.39 is 0 Å². The highest BCUT2D eigenvalue weighted by Gasteiger charge is 2.21. The van der Waals surface area contributed by atoms with Crippen molar-refractivity contribution in [3.05, 3.63) is 82.6 Å². The van der Waals surface area contributed by atoms with Crippen LogP contribution < -0.4 is 4.74 Å². The van der Waals surface area contributed by atoms with Gasteiger partial charge in [-0.05, 0) is 55.7 Å². The van der Waals surface area contributed by atoms with Crippen LogP contribution in [0.25, 0.3) is 5.70 Å². The highest BCUT2D eigenvalue weighted by Crippen LogP contribution is 2.30. The van der Waals surface area contributed by atoms with E-state index in [0.29, 0.717) is 12.6 Å². The van der Waals surface area contributed by atoms with Crippen LogP contribution in [0.3, 0.4) is 0 Å². The van der Waals surface area contributed by atoms with Crippen molar-refractivity contribution in [3.63, 3.8) is 0 Å². The van der Waals surface area contributed by atoms with Crippen LogP contribution in [0.5, 0.6) is 11.8 Å². The molecule has 1 heterocycles. The highest BCUT2D eigenvalue weighted by molar-refractivity contribution is 6.30. The number of ether oxygens (including phenoxy) is 1. The summed E-state index contributed by atoms with van der Waals surface area (Å²) in [4.78, 5) is 6.91. The third-order valence-corrected chi connectivity index (χ3v) is 5.10. The Bertz CT molecular complexity index is 992. The highest BCUT2D eigenvalue weighted by atomic mass is 35.5. The van der Waals surface area contributed by atoms with Crippen molar-refractivity contribution in [1.82, 2.24) is 14.5 Å². The quantitative estimate of drug-likeness (QED) is 0.437. The molecule has 29 heavy (non-hydrogen) atoms. The van der Waals surface area contributed by atoms with E-state index in [1.807, 2.05) is 62.4 Å². The van der Waals surface area contributed by atoms with Crippen LogP contribution >= 0.6 is 11.6 Å². The summed E-state index contributed by atoms with van der Waals surface area (Å²) in [5, 5.41) is 0.721. The number of nitrogens with zero attached hydrogens (tertiary/aromatic N) is 3. The normalized spacial score (nSPS) is 10.8. The summed E-state index contributed by atoms with van der Waals surface area (Å²) < 4.78 is 8.30. The molecule has 0 unspecified atom stereocenters. The molecule has 3 rings (SSSR count). The lowest BCUT2D eigenvalue weighted by Crippen LogP contribution is -2.20. The Hall–Kier alpha value is -2.72. The Morgan fingerprint density at radius 1 is 1.17 bits per heavy atom. The zero-order valence-corrected chi connectivity index (χ0v) is 18.3. The number of aryl methyl sites for hydroxylation is 2. The van der Waals surface area contributed by atoms with E-state index in [0.717, 1.165) is 51.9 Å². The molecular weight excluding hydrogens is 382 g/mol. The van der Waals surface area contributed by atoms with E-state index in [4.69, 9.17) is 21.3 Å². The Kier molecular flexibility index (Phi) is 6.65. The first-order chi connectivity index (χ1) is 13.9. The number of hydrogen-bond donors (Lipinski definition) is 0. The van der Waals surface area contributed by atoms with E-state index >= 15 is 0 Å². The topological polar surface area (TPSA) is 30.3 Å². The number of halogens is 1. The third kappa shape index (κ3) is 5.01. The van der Waals surface area contributed by atoms with Gasteiger partial charge in [0.25, 0.3) is 0 Å². The molecule has 2 aromatic carbocycles. The fourth-order valence-corrected chi connectivity index (χ4v) is 3.47. The third-order valence-electron chi connectivity index (χ3n) is 4.85. The number of aromatic nitrogens is 2. The first kappa shape index (κ1) is 21.0. The summed E-state index contributed by atoms with van der Waals surface area (Å²) in [5.74, 6) is 0.770. The molecule has 4 nitrogen and oxygen atoms in total. The predicted molar refractivity (Wildman–Crippen MR) is 121 cm³/mol. The van der Waals surface area contributed by atoms with Gasteiger partial charge in [-0.25, -0.2) is 0 Å². The van der Waals surface area contributed by atoms with Crippen molar-refractivity contribution in [2.24, 2.45) is 0 Å². The Balaban J connectivity index is 2.03. The SMILES string of the molecule is C=C(c1c(C)nc(Oc2cccc(C)c2)n1Cc1ccc(Cl)cc1)N(C)CCC. The molecular formula is C24H28ClN3O. The second-order valence-electron chi connectivity index (χ2n) is 7.33. The van der Waals surface area contributed by atoms with Crippen LogP contribution in [0.15, 0.2) is 55.1 Å². The molecule has 5 heteroatoms. The van der Waals surface area contributed by atoms with E-state index in [1.165, 1.54) is 0 Å². The Labute approximate surface area is 178 Å². The van der Waals surface area contributed by atoms with E-state index in [1.54, 1.807) is 0 Å². The first-order valence-corrected chi connectivity index (χ1v) is 10.2. The zero-order chi connectivity index (χ0) is 21.0. The fourth-order valence-electron chi connectivity index (χ4n) is 3.34. The van der Waals surface area contributed by atoms with Crippen molar-refractivity contribution < 1.29 is 4.74 Å². The minimum Gasteiger partial charge on any atom is -0.425 e. The molecule has 0 fully saturated rings. The van der Waals surface area contributed by atoms with Gasteiger partial charge in [-0.15, -0.1) is 0 Å². The van der Waals surface area contributed by atoms with Crippen molar-refractivity contribution in [2.75, 3.05) is 13.6 Å². The van der Waals surface area contributed by atoms with Gasteiger partial charge in [0.15, 0.2) is 0 Å². The lowest BCUT2D eigenvalue weighted by Gasteiger charge is -2.23. The van der Waals surface area contributed by atoms with Crippen LogP contribution in [0.1, 0.15) is 35.9 Å². The predicted octanol–water partition coefficient (Wildman–Crippen LogP) is 6.31. The maximum atomic E-state index is 6.20. The zero-order valence-electron chi connectivity index (χ0n) is 17.6. The van der Waals surface area contributed by atoms with Crippen LogP contribution in [0.2, 0.25) is 5.02 Å². The summed E-state index contributed by atoms with van der Waals surface area (Å²) in [6.45, 7) is 12.1. The molecule has 0 bridgehead atoms. The molecule has 0 amide bonds. The van der Waals surface area contributed by atoms with Crippen LogP contribution in [0.4, 0.5) is 0 Å². The minimum atomic E-state index is 0.559. The standard InChI is InChI=1S/C24H28ClN3O/c1-6-14-27(5)19(4)23-18(3)26-24(29-22-9-7-8-17(2)15-22)28(23)16-20-10-12-21(25)13-11-20/h7-13,15H,4,6,14,16H2,1-3,5H3. The smallest absolute Gasteiger partial charge is 0.302 e. The molecule has 0 aliphatic rings. The summed E-state index contributed by atoms with van der Waals surface area (Å²) >= 11 is 6.07. The molecule has 0 spiro atoms. The summed E-state index contributed by atoms with van der Waals surface area (Å²) in [6.07, 6.45) is 1.05. The molecule has 0 aliphatic carbocycles. The van der Waals surface area contributed by atoms with Crippen LogP contribution in [-0.4, -0.2) is 28.0 Å². The second-order valence-corrected chi connectivity index (χ2v) is 7.76. The van der Waals surface area contributed by atoms with E-state index in [9.17, 15) is 0 Å². The van der Waals surface area contributed by atoms with Crippen molar-refractivity contribution in [2.45, 2.75) is 33.7 Å². The van der Waals surface area contributed by atoms with Gasteiger partial charge >= 0.3 is 6.01 Å². The largest absolute Gasteiger partial charge is 0.425 e. The molecule has 3 aromatic rings. The molecule has 1 aromatic heterocycles. The summed E-state index contributed by atoms with van der Waals surface area (Å²) in [7, 11) is 2.06. The lowest BCUT2D eigenvalue weighted by atomic mass is 10.2. The second kappa shape index (κ2) is 9.19. The van der Waals surface area contributed by atoms with Gasteiger partial charge in [0.05, 0.1) is 23.6 Å². The number of hydrogen-bond acceptors (Lipinski definition) is 3. The van der Waals surface area contributed by atoms with Crippen molar-refractivity contribution >= 4 is 17.3 Å². The van der Waals surface area contributed by atoms with Gasteiger partial charge in [-0.1, -0.05) is 49.4 Å². The Morgan fingerprint density at radius 3 is 2.55 bits per heavy atom. The van der Waals surface area contributed by atoms with Crippen LogP contribution in [0, 0.1) is 13.8 Å². The number of rotatable bonds is 8. The van der Waals surface area contributed by atoms with Gasteiger partial charge in [0.2, 0.25) is 0 Å². The average Bonchev–Trinajstić information content (AvgIpc) is 2.98. The van der Waals surface area contributed by atoms with Crippen molar-refractivity contribution in [1.29, 1.82) is 0 Å². The van der Waals surface area contributed by atoms with Gasteiger partial charge < -0.3 is 9.64 Å². The van der Waals surface area contributed by atoms with Gasteiger partial charge in [-0.2, -0.15) is 4.98 Å². The maximum absolute atomic E-state index is 6.20. The number of imidazole rings is 1. The van der Waals surface area contributed by atoms with E-state index in [2.05, 4.69) is 30.0 Å². The first-order valence-electron chi connectivity index (χ1n) is 9.85. The van der Waals surface area contributed by atoms with Gasteiger partial charge in [0.1, 0.15) is 5.75 Å². The maximum Gasteiger partial charge on any atom is 0.302 e. The minimum absolute atomic E-state index is 0.559. The summed E-state index contributed by atoms with van der Waals surface area (Å²) in [5.41, 5.74) is 5.08. The van der Waals surface area contributed by atoms with E-state index in [-0.39, 0.29) is 0 Å². The monoisotopic (exact) mass is 409 g/mol. The van der Waals surface area contributed by atoms with Crippen LogP contribution in [-0.2, 0) is 6.54 Å². The molecule has 0 radical (unpaired) electrons. The molecule has 152 valence electrons. The molecule has 0 aliphatic heterocycles.